The third kappa shape index (κ3) is 9.44. The molecule has 1 aliphatic rings. The lowest BCUT2D eigenvalue weighted by atomic mass is 9.81. The van der Waals surface area contributed by atoms with Crippen LogP contribution in [-0.2, 0) is 30.3 Å². The second-order valence-electron chi connectivity index (χ2n) is 11.1. The molecule has 1 amide bonds. The van der Waals surface area contributed by atoms with E-state index in [-0.39, 0.29) is 31.9 Å². The smallest absolute Gasteiger partial charge is 0.306 e. The molecule has 0 aliphatic carbocycles. The number of aliphatic imine (C=N–C) groups is 1. The average molecular weight is 596 g/mol. The molecule has 0 unspecified atom stereocenters. The average Bonchev–Trinajstić information content (AvgIpc) is 3.37. The fraction of sp³-hybridized carbons (Fsp3) is 0.516. The topological polar surface area (TPSA) is 164 Å². The van der Waals surface area contributed by atoms with Gasteiger partial charge in [0.15, 0.2) is 11.6 Å². The third-order valence-electron chi connectivity index (χ3n) is 6.61. The second kappa shape index (κ2) is 15.9. The van der Waals surface area contributed by atoms with Crippen molar-refractivity contribution in [3.8, 4) is 5.75 Å². The molecule has 0 radical (unpaired) electrons. The minimum atomic E-state index is -1.54. The zero-order valence-corrected chi connectivity index (χ0v) is 25.2. The van der Waals surface area contributed by atoms with E-state index < -0.39 is 29.1 Å². The number of aliphatic hydroxyl groups is 1. The molecule has 3 rings (SSSR count). The molecule has 0 saturated carbocycles. The number of esters is 1. The first kappa shape index (κ1) is 33.4. The number of nitrogens with zero attached hydrogens (tertiary/aromatic N) is 4. The number of carbonyl (C=O) groups excluding carboxylic acids is 2. The van der Waals surface area contributed by atoms with Crippen molar-refractivity contribution in [2.24, 2.45) is 10.1 Å². The van der Waals surface area contributed by atoms with Crippen molar-refractivity contribution in [2.45, 2.75) is 70.2 Å². The van der Waals surface area contributed by atoms with E-state index in [1.165, 1.54) is 0 Å². The molecule has 0 bridgehead atoms. The van der Waals surface area contributed by atoms with Gasteiger partial charge in [-0.05, 0) is 74.5 Å². The van der Waals surface area contributed by atoms with Gasteiger partial charge in [-0.3, -0.25) is 9.59 Å². The maximum absolute atomic E-state index is 14.1. The standard InChI is InChI=1S/C31H41N5O7/c1-30(2,3)43-26(38)15-16-31(29(39)33-17-7-19-40-4)27(25-10-6-5-9-23(25)21-34-36-32)42-28(35-31)22-11-13-24(14-12-22)41-20-8-18-37/h5-6,9-14,27,37H,7-8,15-21H2,1-4H3,(H,33,39)/t27-,31-/m0/s1. The molecule has 2 aromatic rings. The van der Waals surface area contributed by atoms with E-state index in [9.17, 15) is 9.59 Å². The summed E-state index contributed by atoms with van der Waals surface area (Å²) in [6, 6.07) is 14.3. The van der Waals surface area contributed by atoms with Crippen LogP contribution < -0.4 is 10.1 Å². The first-order valence-corrected chi connectivity index (χ1v) is 14.3. The van der Waals surface area contributed by atoms with Crippen LogP contribution in [0.2, 0.25) is 0 Å². The van der Waals surface area contributed by atoms with Gasteiger partial charge in [-0.25, -0.2) is 4.99 Å². The second-order valence-corrected chi connectivity index (χ2v) is 11.1. The summed E-state index contributed by atoms with van der Waals surface area (Å²) in [6.45, 7) is 6.58. The SMILES string of the molecule is COCCCNC(=O)[C@@]1(CCC(=O)OC(C)(C)C)N=C(c2ccc(OCCCO)cc2)O[C@H]1c1ccccc1CN=[N+]=[N-]. The Morgan fingerprint density at radius 2 is 1.88 bits per heavy atom. The van der Waals surface area contributed by atoms with Gasteiger partial charge in [0.05, 0.1) is 13.2 Å². The Morgan fingerprint density at radius 3 is 2.56 bits per heavy atom. The molecule has 2 N–H and O–H groups in total. The molecule has 0 fully saturated rings. The number of amides is 1. The largest absolute Gasteiger partial charge is 0.494 e. The van der Waals surface area contributed by atoms with Crippen LogP contribution in [0.3, 0.4) is 0 Å². The predicted molar refractivity (Wildman–Crippen MR) is 161 cm³/mol. The zero-order valence-electron chi connectivity index (χ0n) is 25.2. The van der Waals surface area contributed by atoms with Crippen LogP contribution in [0.25, 0.3) is 10.4 Å². The van der Waals surface area contributed by atoms with Crippen molar-refractivity contribution in [3.63, 3.8) is 0 Å². The molecular formula is C31H41N5O7. The number of hydrogen-bond donors (Lipinski definition) is 2. The molecular weight excluding hydrogens is 554 g/mol. The van der Waals surface area contributed by atoms with Crippen LogP contribution in [0, 0.1) is 0 Å². The normalized spacial score (nSPS) is 17.8. The quantitative estimate of drug-likeness (QED) is 0.0926. The lowest BCUT2D eigenvalue weighted by Crippen LogP contribution is -2.49. The molecule has 1 aliphatic heterocycles. The van der Waals surface area contributed by atoms with E-state index in [0.717, 1.165) is 0 Å². The lowest BCUT2D eigenvalue weighted by molar-refractivity contribution is -0.155. The number of nitrogens with one attached hydrogen (secondary N) is 1. The highest BCUT2D eigenvalue weighted by Crippen LogP contribution is 2.44. The van der Waals surface area contributed by atoms with Gasteiger partial charge in [-0.2, -0.15) is 0 Å². The molecule has 12 heteroatoms. The zero-order chi connectivity index (χ0) is 31.3. The van der Waals surface area contributed by atoms with Crippen molar-refractivity contribution in [3.05, 3.63) is 75.7 Å². The number of ether oxygens (including phenoxy) is 4. The lowest BCUT2D eigenvalue weighted by Gasteiger charge is -2.32. The van der Waals surface area contributed by atoms with Crippen molar-refractivity contribution < 1.29 is 33.6 Å². The Hall–Kier alpha value is -4.12. The minimum absolute atomic E-state index is 0.00436. The summed E-state index contributed by atoms with van der Waals surface area (Å²) in [7, 11) is 1.59. The van der Waals surface area contributed by atoms with Gasteiger partial charge in [0, 0.05) is 50.2 Å². The number of rotatable bonds is 16. The number of aliphatic hydroxyl groups excluding tert-OH is 1. The third-order valence-corrected chi connectivity index (χ3v) is 6.61. The molecule has 43 heavy (non-hydrogen) atoms. The van der Waals surface area contributed by atoms with E-state index in [1.807, 2.05) is 18.2 Å². The molecule has 2 aromatic carbocycles. The number of methoxy groups -OCH3 is 1. The van der Waals surface area contributed by atoms with Crippen LogP contribution in [0.1, 0.15) is 69.2 Å². The van der Waals surface area contributed by atoms with Gasteiger partial charge in [0.25, 0.3) is 5.91 Å². The summed E-state index contributed by atoms with van der Waals surface area (Å²) in [5.74, 6) is -0.0382. The first-order valence-electron chi connectivity index (χ1n) is 14.3. The number of benzene rings is 2. The van der Waals surface area contributed by atoms with E-state index in [0.29, 0.717) is 55.0 Å². The molecule has 0 spiro atoms. The number of azide groups is 1. The van der Waals surface area contributed by atoms with Crippen molar-refractivity contribution >= 4 is 17.8 Å². The fourth-order valence-corrected chi connectivity index (χ4v) is 4.65. The van der Waals surface area contributed by atoms with E-state index >= 15 is 0 Å². The summed E-state index contributed by atoms with van der Waals surface area (Å²) < 4.78 is 22.8. The fourth-order valence-electron chi connectivity index (χ4n) is 4.65. The van der Waals surface area contributed by atoms with Crippen LogP contribution in [0.15, 0.2) is 58.6 Å². The molecule has 2 atom stereocenters. The molecule has 0 saturated heterocycles. The Bertz CT molecular complexity index is 1300. The molecule has 12 nitrogen and oxygen atoms in total. The highest BCUT2D eigenvalue weighted by Gasteiger charge is 2.53. The predicted octanol–water partition coefficient (Wildman–Crippen LogP) is 4.79. The Labute approximate surface area is 252 Å². The van der Waals surface area contributed by atoms with Gasteiger partial charge < -0.3 is 29.4 Å². The number of carbonyl (C=O) groups is 2. The maximum Gasteiger partial charge on any atom is 0.306 e. The van der Waals surface area contributed by atoms with Gasteiger partial charge in [-0.15, -0.1) is 0 Å². The summed E-state index contributed by atoms with van der Waals surface area (Å²) in [5.41, 5.74) is 8.65. The summed E-state index contributed by atoms with van der Waals surface area (Å²) >= 11 is 0. The molecule has 1 heterocycles. The van der Waals surface area contributed by atoms with E-state index in [4.69, 9.17) is 34.6 Å². The van der Waals surface area contributed by atoms with E-state index in [2.05, 4.69) is 15.3 Å². The van der Waals surface area contributed by atoms with Gasteiger partial charge in [-0.1, -0.05) is 29.4 Å². The Morgan fingerprint density at radius 1 is 1.14 bits per heavy atom. The minimum Gasteiger partial charge on any atom is -0.494 e. The van der Waals surface area contributed by atoms with Crippen LogP contribution in [-0.4, -0.2) is 67.5 Å². The van der Waals surface area contributed by atoms with Crippen molar-refractivity contribution in [2.75, 3.05) is 33.5 Å². The monoisotopic (exact) mass is 595 g/mol. The van der Waals surface area contributed by atoms with Crippen LogP contribution >= 0.6 is 0 Å². The van der Waals surface area contributed by atoms with Crippen LogP contribution in [0.4, 0.5) is 0 Å². The Kier molecular flexibility index (Phi) is 12.4. The summed E-state index contributed by atoms with van der Waals surface area (Å²) in [4.78, 5) is 34.8. The highest BCUT2D eigenvalue weighted by molar-refractivity contribution is 6.01. The summed E-state index contributed by atoms with van der Waals surface area (Å²) in [6.07, 6.45) is 0.0733. The highest BCUT2D eigenvalue weighted by atomic mass is 16.6. The summed E-state index contributed by atoms with van der Waals surface area (Å²) in [5, 5.41) is 15.7. The first-order chi connectivity index (χ1) is 20.6. The maximum atomic E-state index is 14.1. The molecule has 232 valence electrons. The number of hydrogen-bond acceptors (Lipinski definition) is 9. The van der Waals surface area contributed by atoms with Crippen LogP contribution in [0.5, 0.6) is 5.75 Å². The van der Waals surface area contributed by atoms with Gasteiger partial charge >= 0.3 is 5.97 Å². The van der Waals surface area contributed by atoms with Gasteiger partial charge in [0.2, 0.25) is 5.90 Å². The van der Waals surface area contributed by atoms with Crippen molar-refractivity contribution in [1.29, 1.82) is 0 Å². The van der Waals surface area contributed by atoms with Crippen molar-refractivity contribution in [1.82, 2.24) is 5.32 Å². The van der Waals surface area contributed by atoms with E-state index in [1.54, 1.807) is 58.2 Å². The Balaban J connectivity index is 2.07. The molecule has 0 aromatic heterocycles. The van der Waals surface area contributed by atoms with Gasteiger partial charge in [0.1, 0.15) is 11.4 Å².